The van der Waals surface area contributed by atoms with E-state index in [1.165, 1.54) is 0 Å². The van der Waals surface area contributed by atoms with Gasteiger partial charge in [-0.1, -0.05) is 19.8 Å². The molecule has 1 aliphatic rings. The molecule has 1 saturated heterocycles. The third-order valence-corrected chi connectivity index (χ3v) is 2.37. The third kappa shape index (κ3) is 2.78. The van der Waals surface area contributed by atoms with Crippen molar-refractivity contribution in [3.05, 3.63) is 0 Å². The number of alkyl halides is 1. The highest BCUT2D eigenvalue weighted by Gasteiger charge is 2.22. The molecule has 1 rings (SSSR count). The highest BCUT2D eigenvalue weighted by atomic mass is 19.1. The minimum absolute atomic E-state index is 0.168. The topological polar surface area (TPSA) is 12.0 Å². The Hall–Kier alpha value is -0.110. The Morgan fingerprint density at radius 2 is 2.45 bits per heavy atom. The number of hydrogen-bond acceptors (Lipinski definition) is 1. The van der Waals surface area contributed by atoms with Crippen molar-refractivity contribution in [2.24, 2.45) is 0 Å². The fraction of sp³-hybridized carbons (Fsp3) is 1.00. The minimum Gasteiger partial charge on any atom is -0.311 e. The maximum absolute atomic E-state index is 13.2. The normalized spacial score (nSPS) is 27.3. The second kappa shape index (κ2) is 4.70. The molecule has 0 spiro atoms. The molecule has 2 unspecified atom stereocenters. The molecular weight excluding hydrogens is 141 g/mol. The van der Waals surface area contributed by atoms with Crippen molar-refractivity contribution in [1.29, 1.82) is 0 Å². The van der Waals surface area contributed by atoms with Gasteiger partial charge in [-0.25, -0.2) is 4.39 Å². The van der Waals surface area contributed by atoms with Crippen LogP contribution in [0.25, 0.3) is 0 Å². The lowest BCUT2D eigenvalue weighted by atomic mass is 10.1. The molecule has 0 amide bonds. The summed E-state index contributed by atoms with van der Waals surface area (Å²) in [7, 11) is 0. The molecular formula is C9H18FN. The van der Waals surface area contributed by atoms with Crippen LogP contribution in [0.15, 0.2) is 0 Å². The molecule has 0 aliphatic carbocycles. The predicted octanol–water partition coefficient (Wildman–Crippen LogP) is 2.27. The zero-order valence-electron chi connectivity index (χ0n) is 7.28. The van der Waals surface area contributed by atoms with Crippen molar-refractivity contribution >= 4 is 0 Å². The molecule has 1 fully saturated rings. The summed E-state index contributed by atoms with van der Waals surface area (Å²) < 4.78 is 13.2. The van der Waals surface area contributed by atoms with Gasteiger partial charge < -0.3 is 5.32 Å². The summed E-state index contributed by atoms with van der Waals surface area (Å²) in [6.45, 7) is 3.12. The Bertz CT molecular complexity index is 99.7. The van der Waals surface area contributed by atoms with E-state index in [-0.39, 0.29) is 6.04 Å². The Morgan fingerprint density at radius 3 is 3.00 bits per heavy atom. The van der Waals surface area contributed by atoms with Crippen LogP contribution in [0.1, 0.15) is 39.0 Å². The largest absolute Gasteiger partial charge is 0.311 e. The molecule has 1 aliphatic heterocycles. The third-order valence-electron chi connectivity index (χ3n) is 2.37. The fourth-order valence-corrected chi connectivity index (χ4v) is 1.62. The highest BCUT2D eigenvalue weighted by Crippen LogP contribution is 2.16. The lowest BCUT2D eigenvalue weighted by Gasteiger charge is -2.14. The van der Waals surface area contributed by atoms with Crippen molar-refractivity contribution in [3.8, 4) is 0 Å². The van der Waals surface area contributed by atoms with Crippen LogP contribution < -0.4 is 5.32 Å². The number of hydrogen-bond donors (Lipinski definition) is 1. The second-order valence-corrected chi connectivity index (χ2v) is 3.36. The van der Waals surface area contributed by atoms with Crippen molar-refractivity contribution in [2.75, 3.05) is 6.54 Å². The molecule has 2 heteroatoms. The summed E-state index contributed by atoms with van der Waals surface area (Å²) in [6.07, 6.45) is 4.46. The van der Waals surface area contributed by atoms with Gasteiger partial charge in [-0.05, 0) is 25.8 Å². The predicted molar refractivity (Wildman–Crippen MR) is 45.4 cm³/mol. The van der Waals surface area contributed by atoms with Crippen LogP contribution in [0, 0.1) is 0 Å². The van der Waals surface area contributed by atoms with Crippen LogP contribution >= 0.6 is 0 Å². The minimum atomic E-state index is -0.600. The van der Waals surface area contributed by atoms with Gasteiger partial charge in [0, 0.05) is 6.04 Å². The number of halogens is 1. The Balaban J connectivity index is 2.12. The van der Waals surface area contributed by atoms with Gasteiger partial charge in [-0.2, -0.15) is 0 Å². The maximum atomic E-state index is 13.2. The molecule has 11 heavy (non-hydrogen) atoms. The number of unbranched alkanes of at least 4 members (excludes halogenated alkanes) is 1. The van der Waals surface area contributed by atoms with E-state index in [1.54, 1.807) is 0 Å². The average Bonchev–Trinajstić information content (AvgIpc) is 2.52. The summed E-state index contributed by atoms with van der Waals surface area (Å²) in [5.74, 6) is 0. The number of nitrogens with one attached hydrogen (secondary N) is 1. The number of rotatable bonds is 4. The second-order valence-electron chi connectivity index (χ2n) is 3.36. The van der Waals surface area contributed by atoms with Crippen LogP contribution in [0.2, 0.25) is 0 Å². The van der Waals surface area contributed by atoms with E-state index < -0.39 is 6.17 Å². The quantitative estimate of drug-likeness (QED) is 0.663. The Labute approximate surface area is 68.4 Å². The Kier molecular flexibility index (Phi) is 3.84. The van der Waals surface area contributed by atoms with Gasteiger partial charge in [-0.15, -0.1) is 0 Å². The summed E-state index contributed by atoms with van der Waals surface area (Å²) in [5, 5.41) is 3.19. The van der Waals surface area contributed by atoms with E-state index in [2.05, 4.69) is 12.2 Å². The van der Waals surface area contributed by atoms with Gasteiger partial charge in [0.2, 0.25) is 0 Å². The van der Waals surface area contributed by atoms with Crippen molar-refractivity contribution in [2.45, 2.75) is 51.2 Å². The summed E-state index contributed by atoms with van der Waals surface area (Å²) >= 11 is 0. The summed E-state index contributed by atoms with van der Waals surface area (Å²) in [4.78, 5) is 0. The summed E-state index contributed by atoms with van der Waals surface area (Å²) in [5.41, 5.74) is 0. The molecule has 0 aromatic carbocycles. The van der Waals surface area contributed by atoms with Crippen LogP contribution in [0.4, 0.5) is 4.39 Å². The highest BCUT2D eigenvalue weighted by molar-refractivity contribution is 4.81. The molecule has 66 valence electrons. The Morgan fingerprint density at radius 1 is 1.64 bits per heavy atom. The van der Waals surface area contributed by atoms with Crippen LogP contribution in [0.3, 0.4) is 0 Å². The molecule has 1 N–H and O–H groups in total. The van der Waals surface area contributed by atoms with E-state index in [4.69, 9.17) is 0 Å². The van der Waals surface area contributed by atoms with Gasteiger partial charge >= 0.3 is 0 Å². The first-order valence-corrected chi connectivity index (χ1v) is 4.72. The molecule has 0 aromatic rings. The molecule has 0 saturated carbocycles. The van der Waals surface area contributed by atoms with E-state index >= 15 is 0 Å². The first-order chi connectivity index (χ1) is 5.34. The lowest BCUT2D eigenvalue weighted by molar-refractivity contribution is 0.245. The van der Waals surface area contributed by atoms with Gasteiger partial charge in [0.25, 0.3) is 0 Å². The molecule has 2 atom stereocenters. The smallest absolute Gasteiger partial charge is 0.115 e. The maximum Gasteiger partial charge on any atom is 0.115 e. The van der Waals surface area contributed by atoms with E-state index in [0.29, 0.717) is 0 Å². The van der Waals surface area contributed by atoms with Gasteiger partial charge in [0.1, 0.15) is 6.17 Å². The van der Waals surface area contributed by atoms with Gasteiger partial charge in [-0.3, -0.25) is 0 Å². The SMILES string of the molecule is CCCCC(F)C1CCCN1. The van der Waals surface area contributed by atoms with Crippen molar-refractivity contribution < 1.29 is 4.39 Å². The zero-order chi connectivity index (χ0) is 8.10. The fourth-order valence-electron chi connectivity index (χ4n) is 1.62. The molecule has 1 nitrogen and oxygen atoms in total. The first-order valence-electron chi connectivity index (χ1n) is 4.72. The standard InChI is InChI=1S/C9H18FN/c1-2-3-5-8(10)9-6-4-7-11-9/h8-9,11H,2-7H2,1H3. The first kappa shape index (κ1) is 8.98. The molecule has 0 radical (unpaired) electrons. The monoisotopic (exact) mass is 159 g/mol. The van der Waals surface area contributed by atoms with Crippen LogP contribution in [-0.2, 0) is 0 Å². The van der Waals surface area contributed by atoms with Crippen LogP contribution in [-0.4, -0.2) is 18.8 Å². The van der Waals surface area contributed by atoms with E-state index in [1.807, 2.05) is 0 Å². The molecule has 0 aromatic heterocycles. The zero-order valence-corrected chi connectivity index (χ0v) is 7.28. The van der Waals surface area contributed by atoms with Crippen LogP contribution in [0.5, 0.6) is 0 Å². The lowest BCUT2D eigenvalue weighted by Crippen LogP contribution is -2.31. The summed E-state index contributed by atoms with van der Waals surface area (Å²) in [6, 6.07) is 0.168. The molecule has 1 heterocycles. The van der Waals surface area contributed by atoms with E-state index in [0.717, 1.165) is 38.6 Å². The van der Waals surface area contributed by atoms with Crippen molar-refractivity contribution in [1.82, 2.24) is 5.32 Å². The van der Waals surface area contributed by atoms with Gasteiger partial charge in [0.05, 0.1) is 0 Å². The van der Waals surface area contributed by atoms with Gasteiger partial charge in [0.15, 0.2) is 0 Å². The average molecular weight is 159 g/mol. The van der Waals surface area contributed by atoms with E-state index in [9.17, 15) is 4.39 Å². The van der Waals surface area contributed by atoms with Crippen molar-refractivity contribution in [3.63, 3.8) is 0 Å². The molecule has 0 bridgehead atoms.